The van der Waals surface area contributed by atoms with Gasteiger partial charge >= 0.3 is 0 Å². The number of ether oxygens (including phenoxy) is 1. The van der Waals surface area contributed by atoms with Crippen LogP contribution in [-0.2, 0) is 4.74 Å². The number of hydrogen-bond acceptors (Lipinski definition) is 7. The van der Waals surface area contributed by atoms with E-state index in [2.05, 4.69) is 25.2 Å². The Labute approximate surface area is 172 Å². The van der Waals surface area contributed by atoms with Crippen LogP contribution in [0.2, 0.25) is 5.02 Å². The summed E-state index contributed by atoms with van der Waals surface area (Å²) in [6, 6.07) is 8.97. The van der Waals surface area contributed by atoms with Crippen molar-refractivity contribution in [1.82, 2.24) is 15.0 Å². The number of rotatable bonds is 4. The van der Waals surface area contributed by atoms with Crippen LogP contribution in [0.1, 0.15) is 10.5 Å². The average molecular weight is 411 g/mol. The molecule has 0 aliphatic carbocycles. The Hall–Kier alpha value is -3.23. The summed E-state index contributed by atoms with van der Waals surface area (Å²) in [5, 5.41) is 3.48. The number of nitrogens with one attached hydrogen (secondary N) is 1. The number of nitrogens with zero attached hydrogens (tertiary/aromatic N) is 4. The SMILES string of the molecule is Nc1ncc(-c2ccc(Cl)cc2)nc1C(=O)Nc1cnccc1N1CCOCC1. The number of anilines is 3. The highest BCUT2D eigenvalue weighted by atomic mass is 35.5. The number of amides is 1. The highest BCUT2D eigenvalue weighted by molar-refractivity contribution is 6.30. The number of benzene rings is 1. The summed E-state index contributed by atoms with van der Waals surface area (Å²) in [5.74, 6) is -0.398. The molecule has 1 aliphatic rings. The maximum absolute atomic E-state index is 12.9. The number of aromatic nitrogens is 3. The van der Waals surface area contributed by atoms with Crippen LogP contribution in [0.5, 0.6) is 0 Å². The van der Waals surface area contributed by atoms with Gasteiger partial charge in [0.05, 0.1) is 42.7 Å². The summed E-state index contributed by atoms with van der Waals surface area (Å²) >= 11 is 5.94. The van der Waals surface area contributed by atoms with E-state index in [-0.39, 0.29) is 11.5 Å². The number of halogens is 1. The van der Waals surface area contributed by atoms with Gasteiger partial charge in [-0.25, -0.2) is 9.97 Å². The van der Waals surface area contributed by atoms with Crippen molar-refractivity contribution in [3.05, 3.63) is 59.6 Å². The minimum atomic E-state index is -0.451. The first-order chi connectivity index (χ1) is 14.1. The molecular weight excluding hydrogens is 392 g/mol. The molecule has 3 N–H and O–H groups in total. The first-order valence-electron chi connectivity index (χ1n) is 9.08. The standard InChI is InChI=1S/C20H19ClN6O2/c21-14-3-1-13(2-4-14)15-12-24-19(22)18(25-15)20(28)26-16-11-23-6-5-17(16)27-7-9-29-10-8-27/h1-6,11-12H,7-10H2,(H2,22,24)(H,26,28). The van der Waals surface area contributed by atoms with E-state index in [0.29, 0.717) is 29.6 Å². The van der Waals surface area contributed by atoms with Gasteiger partial charge in [-0.05, 0) is 18.2 Å². The number of nitrogen functional groups attached to an aromatic ring is 1. The van der Waals surface area contributed by atoms with Gasteiger partial charge in [-0.1, -0.05) is 23.7 Å². The lowest BCUT2D eigenvalue weighted by molar-refractivity contribution is 0.102. The van der Waals surface area contributed by atoms with Crippen molar-refractivity contribution >= 4 is 34.7 Å². The lowest BCUT2D eigenvalue weighted by Gasteiger charge is -2.30. The number of carbonyl (C=O) groups is 1. The summed E-state index contributed by atoms with van der Waals surface area (Å²) in [6.45, 7) is 2.75. The molecule has 9 heteroatoms. The smallest absolute Gasteiger partial charge is 0.278 e. The maximum Gasteiger partial charge on any atom is 0.278 e. The molecule has 1 amide bonds. The average Bonchev–Trinajstić information content (AvgIpc) is 2.76. The maximum atomic E-state index is 12.9. The Balaban J connectivity index is 1.61. The van der Waals surface area contributed by atoms with Gasteiger partial charge in [-0.3, -0.25) is 9.78 Å². The Bertz CT molecular complexity index is 1020. The predicted molar refractivity (Wildman–Crippen MR) is 112 cm³/mol. The van der Waals surface area contributed by atoms with E-state index in [9.17, 15) is 4.79 Å². The van der Waals surface area contributed by atoms with E-state index < -0.39 is 5.91 Å². The van der Waals surface area contributed by atoms with E-state index in [0.717, 1.165) is 24.3 Å². The molecular formula is C20H19ClN6O2. The number of carbonyl (C=O) groups excluding carboxylic acids is 1. The van der Waals surface area contributed by atoms with E-state index in [1.165, 1.54) is 6.20 Å². The zero-order chi connectivity index (χ0) is 20.2. The molecule has 1 fully saturated rings. The Morgan fingerprint density at radius 2 is 1.90 bits per heavy atom. The van der Waals surface area contributed by atoms with Crippen LogP contribution < -0.4 is 16.0 Å². The fourth-order valence-electron chi connectivity index (χ4n) is 3.07. The normalized spacial score (nSPS) is 13.9. The predicted octanol–water partition coefficient (Wildman–Crippen LogP) is 2.86. The van der Waals surface area contributed by atoms with Crippen molar-refractivity contribution in [2.24, 2.45) is 0 Å². The van der Waals surface area contributed by atoms with Crippen LogP contribution in [-0.4, -0.2) is 47.2 Å². The number of hydrogen-bond donors (Lipinski definition) is 2. The lowest BCUT2D eigenvalue weighted by atomic mass is 10.1. The molecule has 4 rings (SSSR count). The summed E-state index contributed by atoms with van der Waals surface area (Å²) in [4.78, 5) is 27.7. The van der Waals surface area contributed by atoms with Crippen molar-refractivity contribution in [2.75, 3.05) is 42.3 Å². The van der Waals surface area contributed by atoms with E-state index in [1.54, 1.807) is 24.5 Å². The molecule has 0 unspecified atom stereocenters. The molecule has 1 saturated heterocycles. The third kappa shape index (κ3) is 4.28. The fraction of sp³-hybridized carbons (Fsp3) is 0.200. The molecule has 29 heavy (non-hydrogen) atoms. The molecule has 0 atom stereocenters. The van der Waals surface area contributed by atoms with Crippen molar-refractivity contribution < 1.29 is 9.53 Å². The van der Waals surface area contributed by atoms with Gasteiger partial charge < -0.3 is 20.7 Å². The van der Waals surface area contributed by atoms with Crippen molar-refractivity contribution in [3.8, 4) is 11.3 Å². The van der Waals surface area contributed by atoms with E-state index in [4.69, 9.17) is 22.1 Å². The van der Waals surface area contributed by atoms with Gasteiger partial charge in [0.25, 0.3) is 5.91 Å². The van der Waals surface area contributed by atoms with Gasteiger partial charge in [0.15, 0.2) is 11.5 Å². The minimum absolute atomic E-state index is 0.0502. The van der Waals surface area contributed by atoms with Crippen LogP contribution in [0.3, 0.4) is 0 Å². The van der Waals surface area contributed by atoms with E-state index >= 15 is 0 Å². The molecule has 148 valence electrons. The number of nitrogens with two attached hydrogens (primary N) is 1. The van der Waals surface area contributed by atoms with Crippen LogP contribution in [0.4, 0.5) is 17.2 Å². The number of morpholine rings is 1. The first kappa shape index (κ1) is 19.1. The summed E-state index contributed by atoms with van der Waals surface area (Å²) in [5.41, 5.74) is 8.74. The molecule has 0 saturated carbocycles. The zero-order valence-corrected chi connectivity index (χ0v) is 16.3. The van der Waals surface area contributed by atoms with Gasteiger partial charge in [0.2, 0.25) is 0 Å². The van der Waals surface area contributed by atoms with Gasteiger partial charge in [-0.15, -0.1) is 0 Å². The summed E-state index contributed by atoms with van der Waals surface area (Å²) in [7, 11) is 0. The molecule has 3 aromatic rings. The Kier molecular flexibility index (Phi) is 5.55. The van der Waals surface area contributed by atoms with Crippen molar-refractivity contribution in [3.63, 3.8) is 0 Å². The highest BCUT2D eigenvalue weighted by Crippen LogP contribution is 2.27. The van der Waals surface area contributed by atoms with Crippen LogP contribution in [0.25, 0.3) is 11.3 Å². The summed E-state index contributed by atoms with van der Waals surface area (Å²) in [6.07, 6.45) is 4.82. The monoisotopic (exact) mass is 410 g/mol. The van der Waals surface area contributed by atoms with Gasteiger partial charge in [0.1, 0.15) is 0 Å². The first-order valence-corrected chi connectivity index (χ1v) is 9.46. The molecule has 0 spiro atoms. The van der Waals surface area contributed by atoms with Crippen LogP contribution >= 0.6 is 11.6 Å². The molecule has 2 aromatic heterocycles. The second-order valence-corrected chi connectivity index (χ2v) is 6.88. The summed E-state index contributed by atoms with van der Waals surface area (Å²) < 4.78 is 5.40. The Morgan fingerprint density at radius 1 is 1.14 bits per heavy atom. The lowest BCUT2D eigenvalue weighted by Crippen LogP contribution is -2.36. The highest BCUT2D eigenvalue weighted by Gasteiger charge is 2.19. The molecule has 8 nitrogen and oxygen atoms in total. The molecule has 0 radical (unpaired) electrons. The largest absolute Gasteiger partial charge is 0.382 e. The second-order valence-electron chi connectivity index (χ2n) is 6.44. The molecule has 3 heterocycles. The molecule has 1 aliphatic heterocycles. The van der Waals surface area contributed by atoms with Gasteiger partial charge in [0, 0.05) is 29.9 Å². The second kappa shape index (κ2) is 8.42. The minimum Gasteiger partial charge on any atom is -0.382 e. The zero-order valence-electron chi connectivity index (χ0n) is 15.5. The molecule has 1 aromatic carbocycles. The van der Waals surface area contributed by atoms with Crippen LogP contribution in [0, 0.1) is 0 Å². The van der Waals surface area contributed by atoms with Crippen molar-refractivity contribution in [2.45, 2.75) is 0 Å². The molecule has 0 bridgehead atoms. The fourth-order valence-corrected chi connectivity index (χ4v) is 3.20. The van der Waals surface area contributed by atoms with E-state index in [1.807, 2.05) is 18.2 Å². The van der Waals surface area contributed by atoms with Crippen molar-refractivity contribution in [1.29, 1.82) is 0 Å². The topological polar surface area (TPSA) is 106 Å². The third-order valence-corrected chi connectivity index (χ3v) is 4.81. The third-order valence-electron chi connectivity index (χ3n) is 4.55. The quantitative estimate of drug-likeness (QED) is 0.681. The van der Waals surface area contributed by atoms with Gasteiger partial charge in [-0.2, -0.15) is 0 Å². The van der Waals surface area contributed by atoms with Crippen LogP contribution in [0.15, 0.2) is 48.9 Å². The number of pyridine rings is 1. The Morgan fingerprint density at radius 3 is 2.66 bits per heavy atom.